The predicted molar refractivity (Wildman–Crippen MR) is 70.9 cm³/mol. The van der Waals surface area contributed by atoms with Gasteiger partial charge in [-0.2, -0.15) is 0 Å². The molecule has 21 heavy (non-hydrogen) atoms. The lowest BCUT2D eigenvalue weighted by atomic mass is 9.97. The molecule has 1 heterocycles. The summed E-state index contributed by atoms with van der Waals surface area (Å²) in [7, 11) is 0. The standard InChI is InChI=1S/C13H14FN3O4/c14-11-4-3-9(17(20)21)6-10(11)13(19)16-5-1-2-8(7-16)12(15)18/h3-4,6,8H,1-2,5,7H2,(H2,15,18). The van der Waals surface area contributed by atoms with Crippen LogP contribution in [0.3, 0.4) is 0 Å². The number of primary amides is 1. The van der Waals surface area contributed by atoms with Gasteiger partial charge >= 0.3 is 0 Å². The van der Waals surface area contributed by atoms with Gasteiger partial charge in [0.05, 0.1) is 16.4 Å². The first kappa shape index (κ1) is 14.9. The van der Waals surface area contributed by atoms with Gasteiger partial charge in [-0.1, -0.05) is 0 Å². The van der Waals surface area contributed by atoms with Crippen LogP contribution < -0.4 is 5.73 Å². The Balaban J connectivity index is 2.25. The summed E-state index contributed by atoms with van der Waals surface area (Å²) in [6, 6.07) is 2.79. The van der Waals surface area contributed by atoms with Crippen molar-refractivity contribution >= 4 is 17.5 Å². The summed E-state index contributed by atoms with van der Waals surface area (Å²) in [6.45, 7) is 0.473. The van der Waals surface area contributed by atoms with Crippen molar-refractivity contribution in [2.75, 3.05) is 13.1 Å². The van der Waals surface area contributed by atoms with Crippen molar-refractivity contribution in [3.05, 3.63) is 39.7 Å². The zero-order valence-corrected chi connectivity index (χ0v) is 11.1. The maximum absolute atomic E-state index is 13.7. The number of carbonyl (C=O) groups is 2. The summed E-state index contributed by atoms with van der Waals surface area (Å²) in [6.07, 6.45) is 1.16. The van der Waals surface area contributed by atoms with Gasteiger partial charge in [0.2, 0.25) is 5.91 Å². The monoisotopic (exact) mass is 295 g/mol. The summed E-state index contributed by atoms with van der Waals surface area (Å²) in [5.41, 5.74) is 4.50. The average molecular weight is 295 g/mol. The zero-order chi connectivity index (χ0) is 15.6. The third kappa shape index (κ3) is 3.15. The van der Waals surface area contributed by atoms with Crippen molar-refractivity contribution in [1.82, 2.24) is 4.90 Å². The highest BCUT2D eigenvalue weighted by molar-refractivity contribution is 5.95. The van der Waals surface area contributed by atoms with Crippen LogP contribution >= 0.6 is 0 Å². The highest BCUT2D eigenvalue weighted by Crippen LogP contribution is 2.22. The number of rotatable bonds is 3. The van der Waals surface area contributed by atoms with Crippen LogP contribution in [0.2, 0.25) is 0 Å². The maximum atomic E-state index is 13.7. The average Bonchev–Trinajstić information content (AvgIpc) is 2.47. The van der Waals surface area contributed by atoms with Gasteiger partial charge in [0.1, 0.15) is 5.82 Å². The Morgan fingerprint density at radius 2 is 2.14 bits per heavy atom. The molecule has 2 N–H and O–H groups in total. The molecule has 1 atom stereocenters. The molecule has 0 saturated carbocycles. The van der Waals surface area contributed by atoms with Gasteiger partial charge in [0.25, 0.3) is 11.6 Å². The number of amides is 2. The number of halogens is 1. The van der Waals surface area contributed by atoms with E-state index in [2.05, 4.69) is 0 Å². The molecule has 0 spiro atoms. The van der Waals surface area contributed by atoms with E-state index in [1.54, 1.807) is 0 Å². The number of hydrogen-bond acceptors (Lipinski definition) is 4. The minimum Gasteiger partial charge on any atom is -0.369 e. The third-order valence-electron chi connectivity index (χ3n) is 3.50. The normalized spacial score (nSPS) is 18.3. The first-order valence-corrected chi connectivity index (χ1v) is 6.42. The molecule has 1 aromatic rings. The van der Waals surface area contributed by atoms with E-state index in [1.807, 2.05) is 0 Å². The van der Waals surface area contributed by atoms with Crippen molar-refractivity contribution in [3.8, 4) is 0 Å². The van der Waals surface area contributed by atoms with Crippen LogP contribution in [0.5, 0.6) is 0 Å². The second kappa shape index (κ2) is 5.86. The number of benzene rings is 1. The van der Waals surface area contributed by atoms with Crippen LogP contribution in [-0.2, 0) is 4.79 Å². The molecule has 8 heteroatoms. The molecule has 2 rings (SSSR count). The molecule has 1 aliphatic rings. The third-order valence-corrected chi connectivity index (χ3v) is 3.50. The molecule has 1 saturated heterocycles. The molecule has 1 aliphatic heterocycles. The molecule has 2 amide bonds. The summed E-state index contributed by atoms with van der Waals surface area (Å²) in [5.74, 6) is -2.47. The maximum Gasteiger partial charge on any atom is 0.270 e. The Labute approximate surface area is 119 Å². The Bertz CT molecular complexity index is 605. The fourth-order valence-corrected chi connectivity index (χ4v) is 2.35. The topological polar surface area (TPSA) is 107 Å². The first-order chi connectivity index (χ1) is 9.90. The number of nitro benzene ring substituents is 1. The fraction of sp³-hybridized carbons (Fsp3) is 0.385. The lowest BCUT2D eigenvalue weighted by Crippen LogP contribution is -2.44. The molecule has 0 bridgehead atoms. The van der Waals surface area contributed by atoms with E-state index in [4.69, 9.17) is 5.73 Å². The summed E-state index contributed by atoms with van der Waals surface area (Å²) >= 11 is 0. The van der Waals surface area contributed by atoms with Crippen LogP contribution in [0.25, 0.3) is 0 Å². The number of nitrogens with two attached hydrogens (primary N) is 1. The highest BCUT2D eigenvalue weighted by Gasteiger charge is 2.29. The Morgan fingerprint density at radius 3 is 2.76 bits per heavy atom. The molecule has 112 valence electrons. The minimum atomic E-state index is -0.827. The van der Waals surface area contributed by atoms with Gasteiger partial charge < -0.3 is 10.6 Å². The van der Waals surface area contributed by atoms with Crippen molar-refractivity contribution in [2.45, 2.75) is 12.8 Å². The lowest BCUT2D eigenvalue weighted by Gasteiger charge is -2.31. The quantitative estimate of drug-likeness (QED) is 0.664. The Kier molecular flexibility index (Phi) is 4.15. The summed E-state index contributed by atoms with van der Waals surface area (Å²) < 4.78 is 13.7. The molecule has 1 unspecified atom stereocenters. The van der Waals surface area contributed by atoms with Crippen LogP contribution in [0.15, 0.2) is 18.2 Å². The summed E-state index contributed by atoms with van der Waals surface area (Å²) in [5, 5.41) is 10.7. The van der Waals surface area contributed by atoms with Crippen LogP contribution in [0.1, 0.15) is 23.2 Å². The van der Waals surface area contributed by atoms with Gasteiger partial charge in [0, 0.05) is 25.2 Å². The molecular formula is C13H14FN3O4. The molecular weight excluding hydrogens is 281 g/mol. The van der Waals surface area contributed by atoms with Crippen molar-refractivity contribution in [2.24, 2.45) is 11.7 Å². The molecule has 7 nitrogen and oxygen atoms in total. The predicted octanol–water partition coefficient (Wildman–Crippen LogP) is 1.07. The number of nitro groups is 1. The number of likely N-dealkylation sites (tertiary alicyclic amines) is 1. The first-order valence-electron chi connectivity index (χ1n) is 6.42. The van der Waals surface area contributed by atoms with Crippen LogP contribution in [-0.4, -0.2) is 34.7 Å². The van der Waals surface area contributed by atoms with Crippen molar-refractivity contribution < 1.29 is 18.9 Å². The van der Waals surface area contributed by atoms with Gasteiger partial charge in [-0.05, 0) is 18.9 Å². The molecule has 0 aromatic heterocycles. The van der Waals surface area contributed by atoms with E-state index >= 15 is 0 Å². The van der Waals surface area contributed by atoms with Crippen LogP contribution in [0.4, 0.5) is 10.1 Å². The second-order valence-electron chi connectivity index (χ2n) is 4.91. The van der Waals surface area contributed by atoms with E-state index in [0.717, 1.165) is 18.2 Å². The van der Waals surface area contributed by atoms with E-state index in [-0.39, 0.29) is 17.8 Å². The van der Waals surface area contributed by atoms with Gasteiger partial charge in [-0.15, -0.1) is 0 Å². The number of carbonyl (C=O) groups excluding carboxylic acids is 2. The number of piperidine rings is 1. The smallest absolute Gasteiger partial charge is 0.270 e. The minimum absolute atomic E-state index is 0.107. The van der Waals surface area contributed by atoms with Gasteiger partial charge in [0.15, 0.2) is 0 Å². The van der Waals surface area contributed by atoms with Crippen LogP contribution in [0, 0.1) is 21.8 Å². The lowest BCUT2D eigenvalue weighted by molar-refractivity contribution is -0.384. The van der Waals surface area contributed by atoms with E-state index in [9.17, 15) is 24.1 Å². The zero-order valence-electron chi connectivity index (χ0n) is 11.1. The van der Waals surface area contributed by atoms with E-state index in [1.165, 1.54) is 4.90 Å². The molecule has 0 aliphatic carbocycles. The molecule has 1 aromatic carbocycles. The van der Waals surface area contributed by atoms with E-state index in [0.29, 0.717) is 19.4 Å². The number of non-ortho nitro benzene ring substituents is 1. The molecule has 1 fully saturated rings. The van der Waals surface area contributed by atoms with Gasteiger partial charge in [-0.3, -0.25) is 19.7 Å². The largest absolute Gasteiger partial charge is 0.369 e. The second-order valence-corrected chi connectivity index (χ2v) is 4.91. The summed E-state index contributed by atoms with van der Waals surface area (Å²) in [4.78, 5) is 34.8. The SMILES string of the molecule is NC(=O)C1CCCN(C(=O)c2cc([N+](=O)[O-])ccc2F)C1. The number of hydrogen-bond donors (Lipinski definition) is 1. The van der Waals surface area contributed by atoms with Crippen molar-refractivity contribution in [1.29, 1.82) is 0 Å². The Morgan fingerprint density at radius 1 is 1.43 bits per heavy atom. The molecule has 0 radical (unpaired) electrons. The number of nitrogens with zero attached hydrogens (tertiary/aromatic N) is 2. The highest BCUT2D eigenvalue weighted by atomic mass is 19.1. The van der Waals surface area contributed by atoms with Crippen molar-refractivity contribution in [3.63, 3.8) is 0 Å². The van der Waals surface area contributed by atoms with E-state index < -0.39 is 28.5 Å². The Hall–Kier alpha value is -2.51. The van der Waals surface area contributed by atoms with Gasteiger partial charge in [-0.25, -0.2) is 4.39 Å². The fourth-order valence-electron chi connectivity index (χ4n) is 2.35.